The van der Waals surface area contributed by atoms with Gasteiger partial charge in [-0.05, 0) is 56.2 Å². The van der Waals surface area contributed by atoms with Crippen LogP contribution in [0.4, 0.5) is 11.5 Å². The fraction of sp³-hybridized carbons (Fsp3) is 0.211. The number of nitrogens with two attached hydrogens (primary N) is 1. The van der Waals surface area contributed by atoms with Gasteiger partial charge in [-0.3, -0.25) is 4.79 Å². The predicted molar refractivity (Wildman–Crippen MR) is 101 cm³/mol. The predicted octanol–water partition coefficient (Wildman–Crippen LogP) is 3.12. The summed E-state index contributed by atoms with van der Waals surface area (Å²) in [5.41, 5.74) is 9.59. The lowest BCUT2D eigenvalue weighted by Gasteiger charge is -2.10. The minimum atomic E-state index is -0.392. The van der Waals surface area contributed by atoms with Gasteiger partial charge in [-0.1, -0.05) is 23.4 Å². The number of benzene rings is 2. The summed E-state index contributed by atoms with van der Waals surface area (Å²) in [5.74, 6) is 0.540. The third kappa shape index (κ3) is 3.37. The zero-order valence-electron chi connectivity index (χ0n) is 15.0. The molecule has 0 spiro atoms. The van der Waals surface area contributed by atoms with Crippen molar-refractivity contribution in [3.05, 3.63) is 59.3 Å². The molecule has 0 saturated heterocycles. The summed E-state index contributed by atoms with van der Waals surface area (Å²) < 4.78 is 6.84. The lowest BCUT2D eigenvalue weighted by molar-refractivity contribution is 0.102. The highest BCUT2D eigenvalue weighted by molar-refractivity contribution is 6.06. The second kappa shape index (κ2) is 7.26. The number of hydrogen-bond donors (Lipinski definition) is 2. The molecular weight excluding hydrogens is 330 g/mol. The van der Waals surface area contributed by atoms with Crippen LogP contribution in [0.5, 0.6) is 5.75 Å². The molecule has 3 rings (SSSR count). The number of nitrogen functional groups attached to an aromatic ring is 1. The molecule has 1 aromatic heterocycles. The highest BCUT2D eigenvalue weighted by Gasteiger charge is 2.19. The van der Waals surface area contributed by atoms with Gasteiger partial charge in [0.15, 0.2) is 11.5 Å². The van der Waals surface area contributed by atoms with Crippen LogP contribution in [0.25, 0.3) is 5.69 Å². The van der Waals surface area contributed by atoms with Gasteiger partial charge in [-0.25, -0.2) is 0 Å². The maximum atomic E-state index is 12.6. The van der Waals surface area contributed by atoms with Gasteiger partial charge < -0.3 is 15.8 Å². The Bertz CT molecular complexity index is 911. The molecule has 0 aliphatic heterocycles. The average molecular weight is 351 g/mol. The van der Waals surface area contributed by atoms with Gasteiger partial charge in [0.1, 0.15) is 5.75 Å². The second-order valence-corrected chi connectivity index (χ2v) is 5.88. The van der Waals surface area contributed by atoms with Crippen LogP contribution in [0.2, 0.25) is 0 Å². The van der Waals surface area contributed by atoms with Crippen LogP contribution < -0.4 is 15.8 Å². The molecule has 0 aliphatic carbocycles. The van der Waals surface area contributed by atoms with E-state index in [1.807, 2.05) is 63.2 Å². The smallest absolute Gasteiger partial charge is 0.280 e. The molecule has 0 aliphatic rings. The van der Waals surface area contributed by atoms with E-state index in [1.54, 1.807) is 0 Å². The average Bonchev–Trinajstić information content (AvgIpc) is 3.01. The van der Waals surface area contributed by atoms with Crippen LogP contribution in [-0.2, 0) is 0 Å². The summed E-state index contributed by atoms with van der Waals surface area (Å²) in [5, 5.41) is 10.8. The third-order valence-corrected chi connectivity index (χ3v) is 4.03. The lowest BCUT2D eigenvalue weighted by Crippen LogP contribution is -2.16. The first-order valence-electron chi connectivity index (χ1n) is 8.33. The van der Waals surface area contributed by atoms with E-state index in [1.165, 1.54) is 4.68 Å². The number of carbonyl (C=O) groups excluding carboxylic acids is 1. The van der Waals surface area contributed by atoms with Gasteiger partial charge in [-0.2, -0.15) is 4.68 Å². The second-order valence-electron chi connectivity index (χ2n) is 5.88. The molecule has 0 atom stereocenters. The number of aromatic nitrogens is 3. The van der Waals surface area contributed by atoms with Gasteiger partial charge in [0, 0.05) is 5.69 Å². The van der Waals surface area contributed by atoms with Gasteiger partial charge in [0.2, 0.25) is 0 Å². The van der Waals surface area contributed by atoms with Crippen LogP contribution in [0.15, 0.2) is 42.5 Å². The van der Waals surface area contributed by atoms with E-state index in [9.17, 15) is 4.79 Å². The third-order valence-electron chi connectivity index (χ3n) is 4.03. The Hall–Kier alpha value is -3.35. The first kappa shape index (κ1) is 17.5. The Kier molecular flexibility index (Phi) is 4.88. The molecule has 1 amide bonds. The largest absolute Gasteiger partial charge is 0.494 e. The van der Waals surface area contributed by atoms with Gasteiger partial charge in [0.25, 0.3) is 5.91 Å². The van der Waals surface area contributed by atoms with E-state index in [0.29, 0.717) is 12.3 Å². The maximum absolute atomic E-state index is 12.6. The van der Waals surface area contributed by atoms with Crippen LogP contribution in [0.3, 0.4) is 0 Å². The number of carbonyl (C=O) groups is 1. The number of nitrogens with zero attached hydrogens (tertiary/aromatic N) is 3. The summed E-state index contributed by atoms with van der Waals surface area (Å²) in [6.07, 6.45) is 0. The highest BCUT2D eigenvalue weighted by Crippen LogP contribution is 2.22. The quantitative estimate of drug-likeness (QED) is 0.736. The molecule has 1 heterocycles. The van der Waals surface area contributed by atoms with Crippen molar-refractivity contribution in [1.29, 1.82) is 0 Å². The normalized spacial score (nSPS) is 10.6. The Morgan fingerprint density at radius 3 is 2.42 bits per heavy atom. The van der Waals surface area contributed by atoms with E-state index >= 15 is 0 Å². The van der Waals surface area contributed by atoms with Crippen molar-refractivity contribution in [2.24, 2.45) is 0 Å². The standard InChI is InChI=1S/C19H21N5O2/c1-4-26-15-10-8-14(9-11-15)24-18(20)17(22-23-24)19(25)21-16-12(2)6-5-7-13(16)3/h5-11H,4,20H2,1-3H3,(H,21,25). The van der Waals surface area contributed by atoms with Crippen LogP contribution in [0, 0.1) is 13.8 Å². The number of ether oxygens (including phenoxy) is 1. The van der Waals surface area contributed by atoms with Crippen molar-refractivity contribution in [2.45, 2.75) is 20.8 Å². The first-order chi connectivity index (χ1) is 12.5. The highest BCUT2D eigenvalue weighted by atomic mass is 16.5. The number of nitrogens with one attached hydrogen (secondary N) is 1. The molecule has 3 N–H and O–H groups in total. The molecule has 0 bridgehead atoms. The van der Waals surface area contributed by atoms with Gasteiger partial charge in [-0.15, -0.1) is 5.10 Å². The lowest BCUT2D eigenvalue weighted by atomic mass is 10.1. The van der Waals surface area contributed by atoms with Crippen molar-refractivity contribution < 1.29 is 9.53 Å². The molecule has 0 saturated carbocycles. The molecule has 0 fully saturated rings. The van der Waals surface area contributed by atoms with Crippen LogP contribution in [-0.4, -0.2) is 27.5 Å². The first-order valence-corrected chi connectivity index (χ1v) is 8.33. The molecule has 7 nitrogen and oxygen atoms in total. The topological polar surface area (TPSA) is 95.1 Å². The number of amides is 1. The van der Waals surface area contributed by atoms with Crippen molar-refractivity contribution in [1.82, 2.24) is 15.0 Å². The SMILES string of the molecule is CCOc1ccc(-n2nnc(C(=O)Nc3c(C)cccc3C)c2N)cc1. The minimum absolute atomic E-state index is 0.0848. The summed E-state index contributed by atoms with van der Waals surface area (Å²) in [7, 11) is 0. The van der Waals surface area contributed by atoms with E-state index in [0.717, 1.165) is 22.6 Å². The van der Waals surface area contributed by atoms with Gasteiger partial charge >= 0.3 is 0 Å². The fourth-order valence-electron chi connectivity index (χ4n) is 2.68. The number of hydrogen-bond acceptors (Lipinski definition) is 5. The van der Waals surface area contributed by atoms with E-state index < -0.39 is 5.91 Å². The van der Waals surface area contributed by atoms with E-state index in [2.05, 4.69) is 15.6 Å². The molecule has 0 radical (unpaired) electrons. The summed E-state index contributed by atoms with van der Waals surface area (Å²) in [6.45, 7) is 6.38. The van der Waals surface area contributed by atoms with Crippen molar-refractivity contribution >= 4 is 17.4 Å². The molecule has 3 aromatic rings. The number of para-hydroxylation sites is 1. The number of anilines is 2. The summed E-state index contributed by atoms with van der Waals surface area (Å²) in [6, 6.07) is 13.1. The summed E-state index contributed by atoms with van der Waals surface area (Å²) in [4.78, 5) is 12.6. The van der Waals surface area contributed by atoms with Crippen molar-refractivity contribution in [3.8, 4) is 11.4 Å². The Morgan fingerprint density at radius 1 is 1.15 bits per heavy atom. The van der Waals surface area contributed by atoms with Crippen LogP contribution >= 0.6 is 0 Å². The molecule has 2 aromatic carbocycles. The minimum Gasteiger partial charge on any atom is -0.494 e. The number of rotatable bonds is 5. The van der Waals surface area contributed by atoms with E-state index in [4.69, 9.17) is 10.5 Å². The number of aryl methyl sites for hydroxylation is 2. The Morgan fingerprint density at radius 2 is 1.81 bits per heavy atom. The Labute approximate surface area is 151 Å². The van der Waals surface area contributed by atoms with Gasteiger partial charge in [0.05, 0.1) is 12.3 Å². The molecular formula is C19H21N5O2. The monoisotopic (exact) mass is 351 g/mol. The zero-order chi connectivity index (χ0) is 18.7. The van der Waals surface area contributed by atoms with Crippen molar-refractivity contribution in [2.75, 3.05) is 17.7 Å². The Balaban J connectivity index is 1.85. The molecule has 134 valence electrons. The molecule has 26 heavy (non-hydrogen) atoms. The molecule has 7 heteroatoms. The van der Waals surface area contributed by atoms with E-state index in [-0.39, 0.29) is 11.5 Å². The molecule has 0 unspecified atom stereocenters. The summed E-state index contributed by atoms with van der Waals surface area (Å²) >= 11 is 0. The maximum Gasteiger partial charge on any atom is 0.280 e. The zero-order valence-corrected chi connectivity index (χ0v) is 15.0. The fourth-order valence-corrected chi connectivity index (χ4v) is 2.68. The van der Waals surface area contributed by atoms with Crippen LogP contribution in [0.1, 0.15) is 28.5 Å². The van der Waals surface area contributed by atoms with Crippen molar-refractivity contribution in [3.63, 3.8) is 0 Å².